The Bertz CT molecular complexity index is 1110. The average molecular weight is 465 g/mol. The first kappa shape index (κ1) is 23.2. The molecule has 2 heterocycles. The van der Waals surface area contributed by atoms with Gasteiger partial charge in [-0.3, -0.25) is 9.59 Å². The molecule has 0 aliphatic carbocycles. The molecule has 2 aromatic carbocycles. The number of halogens is 1. The summed E-state index contributed by atoms with van der Waals surface area (Å²) in [6, 6.07) is 17.1. The van der Waals surface area contributed by atoms with Gasteiger partial charge in [0.05, 0.1) is 12.0 Å². The van der Waals surface area contributed by atoms with E-state index in [0.29, 0.717) is 24.3 Å². The molecular weight excluding hydrogens is 435 g/mol. The molecule has 0 radical (unpaired) electrons. The van der Waals surface area contributed by atoms with Crippen molar-refractivity contribution in [3.8, 4) is 0 Å². The molecule has 1 aliphatic heterocycles. The third-order valence-electron chi connectivity index (χ3n) is 5.95. The number of amides is 2. The van der Waals surface area contributed by atoms with Gasteiger partial charge in [-0.1, -0.05) is 45.0 Å². The van der Waals surface area contributed by atoms with Crippen LogP contribution in [0.3, 0.4) is 0 Å². The lowest BCUT2D eigenvalue weighted by molar-refractivity contribution is -0.121. The summed E-state index contributed by atoms with van der Waals surface area (Å²) in [6.07, 6.45) is 0.760. The molecule has 0 saturated carbocycles. The summed E-state index contributed by atoms with van der Waals surface area (Å²) < 4.78 is 13.6. The summed E-state index contributed by atoms with van der Waals surface area (Å²) in [7, 11) is 0. The minimum Gasteiger partial charge on any atom is -0.329 e. The lowest BCUT2D eigenvalue weighted by Gasteiger charge is -2.43. The Morgan fingerprint density at radius 2 is 1.82 bits per heavy atom. The van der Waals surface area contributed by atoms with Crippen LogP contribution in [0.25, 0.3) is 0 Å². The fraction of sp³-hybridized carbons (Fsp3) is 0.333. The van der Waals surface area contributed by atoms with Gasteiger partial charge >= 0.3 is 0 Å². The molecule has 4 nitrogen and oxygen atoms in total. The molecule has 4 rings (SSSR count). The molecular formula is C27H29FN2O2S. The summed E-state index contributed by atoms with van der Waals surface area (Å²) in [6.45, 7) is 7.25. The minimum atomic E-state index is -0.548. The molecule has 0 fully saturated rings. The van der Waals surface area contributed by atoms with Gasteiger partial charge < -0.3 is 9.80 Å². The van der Waals surface area contributed by atoms with E-state index in [4.69, 9.17) is 0 Å². The molecule has 3 aromatic rings. The molecule has 0 spiro atoms. The van der Waals surface area contributed by atoms with Gasteiger partial charge in [0.1, 0.15) is 5.82 Å². The third-order valence-corrected chi connectivity index (χ3v) is 6.90. The summed E-state index contributed by atoms with van der Waals surface area (Å²) in [5.74, 6) is -0.744. The molecule has 0 saturated heterocycles. The van der Waals surface area contributed by atoms with Crippen LogP contribution in [0.1, 0.15) is 60.0 Å². The number of nitrogens with zero attached hydrogens (tertiary/aromatic N) is 2. The molecule has 0 N–H and O–H groups in total. The standard InChI is InChI=1S/C27H29FN2O2S/c1-4-15-29(20-13-11-19(28)12-14-20)27(32)24-21-8-5-6-9-22(21)26(31)30(17-18(2)3)25(24)23-10-7-16-33-23/h5-14,16,18,24-25H,4,15,17H2,1-3H3. The number of fused-ring (bicyclic) bond motifs is 1. The van der Waals surface area contributed by atoms with Gasteiger partial charge in [0.2, 0.25) is 5.91 Å². The quantitative estimate of drug-likeness (QED) is 0.414. The zero-order valence-corrected chi connectivity index (χ0v) is 20.0. The van der Waals surface area contributed by atoms with Crippen LogP contribution in [-0.4, -0.2) is 29.8 Å². The van der Waals surface area contributed by atoms with Crippen molar-refractivity contribution >= 4 is 28.8 Å². The maximum absolute atomic E-state index is 14.3. The zero-order valence-electron chi connectivity index (χ0n) is 19.2. The fourth-order valence-corrected chi connectivity index (χ4v) is 5.48. The van der Waals surface area contributed by atoms with Crippen LogP contribution in [0, 0.1) is 11.7 Å². The van der Waals surface area contributed by atoms with Crippen LogP contribution in [-0.2, 0) is 4.79 Å². The number of hydrogen-bond donors (Lipinski definition) is 0. The second kappa shape index (κ2) is 9.87. The predicted octanol–water partition coefficient (Wildman–Crippen LogP) is 6.27. The maximum atomic E-state index is 14.3. The Balaban J connectivity index is 1.87. The highest BCUT2D eigenvalue weighted by Gasteiger charge is 2.46. The maximum Gasteiger partial charge on any atom is 0.254 e. The normalized spacial score (nSPS) is 17.8. The predicted molar refractivity (Wildman–Crippen MR) is 131 cm³/mol. The van der Waals surface area contributed by atoms with Crippen molar-refractivity contribution in [2.24, 2.45) is 5.92 Å². The zero-order chi connectivity index (χ0) is 23.5. The lowest BCUT2D eigenvalue weighted by atomic mass is 9.80. The average Bonchev–Trinajstić information content (AvgIpc) is 3.34. The van der Waals surface area contributed by atoms with Crippen molar-refractivity contribution in [1.29, 1.82) is 0 Å². The Morgan fingerprint density at radius 3 is 2.45 bits per heavy atom. The number of hydrogen-bond acceptors (Lipinski definition) is 3. The molecule has 2 amide bonds. The lowest BCUT2D eigenvalue weighted by Crippen LogP contribution is -2.49. The van der Waals surface area contributed by atoms with Crippen LogP contribution < -0.4 is 4.90 Å². The largest absolute Gasteiger partial charge is 0.329 e. The molecule has 6 heteroatoms. The van der Waals surface area contributed by atoms with Crippen molar-refractivity contribution in [2.45, 2.75) is 39.2 Å². The molecule has 2 atom stereocenters. The number of benzene rings is 2. The van der Waals surface area contributed by atoms with E-state index in [9.17, 15) is 14.0 Å². The summed E-state index contributed by atoms with van der Waals surface area (Å²) >= 11 is 1.57. The third kappa shape index (κ3) is 4.58. The molecule has 1 aliphatic rings. The van der Waals surface area contributed by atoms with Crippen LogP contribution in [0.4, 0.5) is 10.1 Å². The van der Waals surface area contributed by atoms with E-state index in [0.717, 1.165) is 16.9 Å². The van der Waals surface area contributed by atoms with E-state index in [-0.39, 0.29) is 29.6 Å². The van der Waals surface area contributed by atoms with Gasteiger partial charge in [-0.15, -0.1) is 11.3 Å². The first-order chi connectivity index (χ1) is 15.9. The van der Waals surface area contributed by atoms with E-state index in [1.54, 1.807) is 28.4 Å². The Hall–Kier alpha value is -2.99. The SMILES string of the molecule is CCCN(C(=O)C1c2ccccc2C(=O)N(CC(C)C)C1c1cccs1)c1ccc(F)cc1. The van der Waals surface area contributed by atoms with Gasteiger partial charge in [-0.25, -0.2) is 4.39 Å². The molecule has 33 heavy (non-hydrogen) atoms. The van der Waals surface area contributed by atoms with E-state index >= 15 is 0 Å². The van der Waals surface area contributed by atoms with E-state index in [1.807, 2.05) is 53.6 Å². The van der Waals surface area contributed by atoms with Crippen molar-refractivity contribution < 1.29 is 14.0 Å². The number of rotatable bonds is 7. The Kier molecular flexibility index (Phi) is 6.94. The molecule has 0 bridgehead atoms. The highest BCUT2D eigenvalue weighted by atomic mass is 32.1. The highest BCUT2D eigenvalue weighted by molar-refractivity contribution is 7.10. The first-order valence-corrected chi connectivity index (χ1v) is 12.3. The number of anilines is 1. The van der Waals surface area contributed by atoms with Gasteiger partial charge in [0.25, 0.3) is 5.91 Å². The fourth-order valence-electron chi connectivity index (χ4n) is 4.61. The second-order valence-corrected chi connectivity index (χ2v) is 9.82. The van der Waals surface area contributed by atoms with Crippen molar-refractivity contribution in [3.05, 3.63) is 87.9 Å². The minimum absolute atomic E-state index is 0.0365. The van der Waals surface area contributed by atoms with Crippen molar-refractivity contribution in [2.75, 3.05) is 18.0 Å². The molecule has 1 aromatic heterocycles. The van der Waals surface area contributed by atoms with E-state index < -0.39 is 5.92 Å². The first-order valence-electron chi connectivity index (χ1n) is 11.4. The summed E-state index contributed by atoms with van der Waals surface area (Å²) in [5, 5.41) is 1.99. The number of carbonyl (C=O) groups excluding carboxylic acids is 2. The smallest absolute Gasteiger partial charge is 0.254 e. The monoisotopic (exact) mass is 464 g/mol. The van der Waals surface area contributed by atoms with Gasteiger partial charge in [0.15, 0.2) is 0 Å². The van der Waals surface area contributed by atoms with Crippen molar-refractivity contribution in [1.82, 2.24) is 4.90 Å². The van der Waals surface area contributed by atoms with Crippen LogP contribution >= 0.6 is 11.3 Å². The van der Waals surface area contributed by atoms with Crippen LogP contribution in [0.5, 0.6) is 0 Å². The Morgan fingerprint density at radius 1 is 1.09 bits per heavy atom. The molecule has 172 valence electrons. The van der Waals surface area contributed by atoms with Gasteiger partial charge in [0, 0.05) is 29.2 Å². The highest BCUT2D eigenvalue weighted by Crippen LogP contribution is 2.45. The number of carbonyl (C=O) groups is 2. The second-order valence-electron chi connectivity index (χ2n) is 8.84. The van der Waals surface area contributed by atoms with E-state index in [1.165, 1.54) is 12.1 Å². The van der Waals surface area contributed by atoms with Gasteiger partial charge in [-0.05, 0) is 59.7 Å². The topological polar surface area (TPSA) is 40.6 Å². The van der Waals surface area contributed by atoms with Crippen LogP contribution in [0.2, 0.25) is 0 Å². The Labute approximate surface area is 198 Å². The summed E-state index contributed by atoms with van der Waals surface area (Å²) in [5.41, 5.74) is 2.01. The van der Waals surface area contributed by atoms with Crippen molar-refractivity contribution in [3.63, 3.8) is 0 Å². The summed E-state index contributed by atoms with van der Waals surface area (Å²) in [4.78, 5) is 32.5. The van der Waals surface area contributed by atoms with E-state index in [2.05, 4.69) is 13.8 Å². The van der Waals surface area contributed by atoms with Crippen LogP contribution in [0.15, 0.2) is 66.0 Å². The molecule has 2 unspecified atom stereocenters. The number of thiophene rings is 1. The van der Waals surface area contributed by atoms with Gasteiger partial charge in [-0.2, -0.15) is 0 Å².